The average molecular weight is 222 g/mol. The predicted molar refractivity (Wildman–Crippen MR) is 58.7 cm³/mol. The number of pyridine rings is 1. The fourth-order valence-corrected chi connectivity index (χ4v) is 1.18. The van der Waals surface area contributed by atoms with Gasteiger partial charge < -0.3 is 10.1 Å². The van der Waals surface area contributed by atoms with Crippen LogP contribution in [0.25, 0.3) is 0 Å². The molecular formula is C11H14N2O3. The third-order valence-corrected chi connectivity index (χ3v) is 1.92. The lowest BCUT2D eigenvalue weighted by Gasteiger charge is -2.14. The van der Waals surface area contributed by atoms with Crippen LogP contribution in [0.5, 0.6) is 0 Å². The molecule has 16 heavy (non-hydrogen) atoms. The van der Waals surface area contributed by atoms with E-state index in [4.69, 9.17) is 4.74 Å². The number of aromatic nitrogens is 1. The minimum absolute atomic E-state index is 0.330. The minimum atomic E-state index is -0.745. The van der Waals surface area contributed by atoms with Gasteiger partial charge in [-0.2, -0.15) is 0 Å². The Morgan fingerprint density at radius 1 is 1.44 bits per heavy atom. The lowest BCUT2D eigenvalue weighted by Crippen LogP contribution is -2.31. The van der Waals surface area contributed by atoms with Crippen molar-refractivity contribution in [1.29, 1.82) is 0 Å². The molecular weight excluding hydrogens is 208 g/mol. The molecule has 0 fully saturated rings. The number of amides is 1. The largest absolute Gasteiger partial charge is 0.452 e. The summed E-state index contributed by atoms with van der Waals surface area (Å²) in [6, 6.07) is 3.33. The number of nitrogens with zero attached hydrogens (tertiary/aromatic N) is 1. The number of carbonyl (C=O) groups is 2. The zero-order valence-electron chi connectivity index (χ0n) is 9.27. The molecule has 0 saturated heterocycles. The maximum atomic E-state index is 11.7. The molecule has 0 bridgehead atoms. The molecule has 0 aliphatic heterocycles. The van der Waals surface area contributed by atoms with E-state index in [2.05, 4.69) is 10.3 Å². The Kier molecular flexibility index (Phi) is 4.44. The average Bonchev–Trinajstić information content (AvgIpc) is 2.26. The molecule has 0 spiro atoms. The summed E-state index contributed by atoms with van der Waals surface area (Å²) >= 11 is 0. The Morgan fingerprint density at radius 2 is 2.06 bits per heavy atom. The van der Waals surface area contributed by atoms with Gasteiger partial charge >= 0.3 is 5.97 Å². The van der Waals surface area contributed by atoms with Gasteiger partial charge in [0.25, 0.3) is 5.91 Å². The highest BCUT2D eigenvalue weighted by atomic mass is 16.5. The molecule has 0 saturated carbocycles. The van der Waals surface area contributed by atoms with Crippen LogP contribution in [0.2, 0.25) is 0 Å². The number of nitrogens with one attached hydrogen (secondary N) is 1. The molecule has 1 aromatic rings. The first-order valence-corrected chi connectivity index (χ1v) is 5.01. The van der Waals surface area contributed by atoms with Gasteiger partial charge in [0.2, 0.25) is 0 Å². The van der Waals surface area contributed by atoms with Gasteiger partial charge in [-0.15, -0.1) is 0 Å². The number of ether oxygens (including phenoxy) is 1. The Balaban J connectivity index is 2.59. The molecule has 0 aliphatic rings. The SMILES string of the molecule is CCC(OC(C)=O)C(=O)Nc1ccncc1. The first-order chi connectivity index (χ1) is 7.63. The number of esters is 1. The van der Waals surface area contributed by atoms with Crippen LogP contribution in [0.15, 0.2) is 24.5 Å². The van der Waals surface area contributed by atoms with Crippen LogP contribution in [-0.4, -0.2) is 23.0 Å². The van der Waals surface area contributed by atoms with Gasteiger partial charge in [-0.05, 0) is 18.6 Å². The van der Waals surface area contributed by atoms with Gasteiger partial charge in [0.05, 0.1) is 0 Å². The molecule has 1 aromatic heterocycles. The maximum absolute atomic E-state index is 11.7. The molecule has 1 N–H and O–H groups in total. The molecule has 5 heteroatoms. The maximum Gasteiger partial charge on any atom is 0.303 e. The molecule has 0 aliphatic carbocycles. The highest BCUT2D eigenvalue weighted by Gasteiger charge is 2.19. The van der Waals surface area contributed by atoms with E-state index in [9.17, 15) is 9.59 Å². The van der Waals surface area contributed by atoms with Crippen molar-refractivity contribution in [2.24, 2.45) is 0 Å². The van der Waals surface area contributed by atoms with Crippen LogP contribution in [-0.2, 0) is 14.3 Å². The van der Waals surface area contributed by atoms with Crippen molar-refractivity contribution in [3.63, 3.8) is 0 Å². The van der Waals surface area contributed by atoms with Crippen molar-refractivity contribution in [3.8, 4) is 0 Å². The summed E-state index contributed by atoms with van der Waals surface area (Å²) < 4.78 is 4.87. The van der Waals surface area contributed by atoms with Gasteiger partial charge in [0.1, 0.15) is 0 Å². The molecule has 1 heterocycles. The quantitative estimate of drug-likeness (QED) is 0.781. The highest BCUT2D eigenvalue weighted by Crippen LogP contribution is 2.07. The Labute approximate surface area is 93.8 Å². The third-order valence-electron chi connectivity index (χ3n) is 1.92. The summed E-state index contributed by atoms with van der Waals surface area (Å²) in [6.45, 7) is 3.06. The van der Waals surface area contributed by atoms with Gasteiger partial charge in [0.15, 0.2) is 6.10 Å². The van der Waals surface area contributed by atoms with E-state index in [0.29, 0.717) is 12.1 Å². The fraction of sp³-hybridized carbons (Fsp3) is 0.364. The Hall–Kier alpha value is -1.91. The zero-order valence-corrected chi connectivity index (χ0v) is 9.27. The second-order valence-corrected chi connectivity index (χ2v) is 3.23. The third kappa shape index (κ3) is 3.68. The van der Waals surface area contributed by atoms with Crippen LogP contribution in [0.3, 0.4) is 0 Å². The van der Waals surface area contributed by atoms with Crippen LogP contribution in [0, 0.1) is 0 Å². The van der Waals surface area contributed by atoms with Crippen molar-refractivity contribution in [2.45, 2.75) is 26.4 Å². The summed E-state index contributed by atoms with van der Waals surface area (Å²) in [5.41, 5.74) is 0.630. The van der Waals surface area contributed by atoms with Crippen molar-refractivity contribution >= 4 is 17.6 Å². The minimum Gasteiger partial charge on any atom is -0.452 e. The summed E-state index contributed by atoms with van der Waals surface area (Å²) in [6.07, 6.45) is 2.84. The van der Waals surface area contributed by atoms with Crippen molar-refractivity contribution in [1.82, 2.24) is 4.98 Å². The van der Waals surface area contributed by atoms with Crippen LogP contribution < -0.4 is 5.32 Å². The van der Waals surface area contributed by atoms with Crippen molar-refractivity contribution in [3.05, 3.63) is 24.5 Å². The lowest BCUT2D eigenvalue weighted by molar-refractivity contribution is -0.152. The highest BCUT2D eigenvalue weighted by molar-refractivity contribution is 5.95. The lowest BCUT2D eigenvalue weighted by atomic mass is 10.2. The van der Waals surface area contributed by atoms with Gasteiger partial charge in [-0.3, -0.25) is 14.6 Å². The molecule has 86 valence electrons. The van der Waals surface area contributed by atoms with E-state index >= 15 is 0 Å². The summed E-state index contributed by atoms with van der Waals surface area (Å²) in [5, 5.41) is 2.64. The molecule has 1 rings (SSSR count). The Morgan fingerprint density at radius 3 is 2.56 bits per heavy atom. The number of anilines is 1. The van der Waals surface area contributed by atoms with Crippen molar-refractivity contribution in [2.75, 3.05) is 5.32 Å². The normalized spacial score (nSPS) is 11.6. The van der Waals surface area contributed by atoms with Gasteiger partial charge in [-0.25, -0.2) is 0 Å². The second-order valence-electron chi connectivity index (χ2n) is 3.23. The van der Waals surface area contributed by atoms with Gasteiger partial charge in [0, 0.05) is 25.0 Å². The predicted octanol–water partition coefficient (Wildman–Crippen LogP) is 1.36. The summed E-state index contributed by atoms with van der Waals surface area (Å²) in [5.74, 6) is -0.791. The van der Waals surface area contributed by atoms with E-state index in [-0.39, 0.29) is 5.91 Å². The van der Waals surface area contributed by atoms with E-state index in [1.807, 2.05) is 0 Å². The molecule has 5 nitrogen and oxygen atoms in total. The summed E-state index contributed by atoms with van der Waals surface area (Å²) in [7, 11) is 0. The fourth-order valence-electron chi connectivity index (χ4n) is 1.18. The van der Waals surface area contributed by atoms with E-state index in [1.54, 1.807) is 31.5 Å². The van der Waals surface area contributed by atoms with E-state index in [0.717, 1.165) is 0 Å². The van der Waals surface area contributed by atoms with E-state index in [1.165, 1.54) is 6.92 Å². The first-order valence-electron chi connectivity index (χ1n) is 5.01. The summed E-state index contributed by atoms with van der Waals surface area (Å²) in [4.78, 5) is 26.3. The van der Waals surface area contributed by atoms with Crippen LogP contribution >= 0.6 is 0 Å². The number of carbonyl (C=O) groups excluding carboxylic acids is 2. The number of rotatable bonds is 4. The molecule has 0 radical (unpaired) electrons. The number of hydrogen-bond donors (Lipinski definition) is 1. The van der Waals surface area contributed by atoms with Crippen LogP contribution in [0.1, 0.15) is 20.3 Å². The first kappa shape index (κ1) is 12.2. The molecule has 1 unspecified atom stereocenters. The second kappa shape index (κ2) is 5.85. The zero-order chi connectivity index (χ0) is 12.0. The monoisotopic (exact) mass is 222 g/mol. The van der Waals surface area contributed by atoms with E-state index < -0.39 is 12.1 Å². The molecule has 0 aromatic carbocycles. The Bertz CT molecular complexity index is 365. The topological polar surface area (TPSA) is 68.3 Å². The smallest absolute Gasteiger partial charge is 0.303 e. The molecule has 1 amide bonds. The number of hydrogen-bond acceptors (Lipinski definition) is 4. The van der Waals surface area contributed by atoms with Gasteiger partial charge in [-0.1, -0.05) is 6.92 Å². The van der Waals surface area contributed by atoms with Crippen LogP contribution in [0.4, 0.5) is 5.69 Å². The molecule has 1 atom stereocenters. The van der Waals surface area contributed by atoms with Crippen molar-refractivity contribution < 1.29 is 14.3 Å². The standard InChI is InChI=1S/C11H14N2O3/c1-3-10(16-8(2)14)11(15)13-9-4-6-12-7-5-9/h4-7,10H,3H2,1-2H3,(H,12,13,15).